The van der Waals surface area contributed by atoms with Gasteiger partial charge in [0.2, 0.25) is 0 Å². The number of allylic oxidation sites excluding steroid dienone is 2. The predicted molar refractivity (Wildman–Crippen MR) is 102 cm³/mol. The largest absolute Gasteiger partial charge is 0.286 e. The molecule has 2 rings (SSSR count). The van der Waals surface area contributed by atoms with Crippen LogP contribution in [0.15, 0.2) is 46.9 Å². The Bertz CT molecular complexity index is 622. The van der Waals surface area contributed by atoms with E-state index in [0.29, 0.717) is 12.5 Å². The molecule has 1 saturated carbocycles. The molecule has 0 aromatic carbocycles. The summed E-state index contributed by atoms with van der Waals surface area (Å²) in [5.41, 5.74) is 2.08. The monoisotopic (exact) mass is 343 g/mol. The quantitative estimate of drug-likeness (QED) is 0.454. The summed E-state index contributed by atoms with van der Waals surface area (Å²) in [6, 6.07) is 0. The molecule has 1 heterocycles. The molecule has 0 bridgehead atoms. The van der Waals surface area contributed by atoms with Crippen molar-refractivity contribution in [2.45, 2.75) is 33.1 Å². The lowest BCUT2D eigenvalue weighted by Crippen LogP contribution is -2.39. The molecule has 1 unspecified atom stereocenters. The molecule has 2 aliphatic rings. The van der Waals surface area contributed by atoms with Crippen molar-refractivity contribution in [3.63, 3.8) is 0 Å². The summed E-state index contributed by atoms with van der Waals surface area (Å²) in [6.45, 7) is 17.0. The lowest BCUT2D eigenvalue weighted by atomic mass is 9.61. The van der Waals surface area contributed by atoms with Crippen molar-refractivity contribution in [2.75, 3.05) is 13.1 Å². The number of hydrogen-bond donors (Lipinski definition) is 1. The van der Waals surface area contributed by atoms with Crippen molar-refractivity contribution in [2.24, 2.45) is 33.2 Å². The minimum Gasteiger partial charge on any atom is -0.286 e. The summed E-state index contributed by atoms with van der Waals surface area (Å²) in [5, 5.41) is 10.9. The Labute approximate surface area is 150 Å². The molecule has 136 valence electrons. The Balaban J connectivity index is 1.97. The molecule has 25 heavy (non-hydrogen) atoms. The molecule has 1 fully saturated rings. The fourth-order valence-corrected chi connectivity index (χ4v) is 3.84. The summed E-state index contributed by atoms with van der Waals surface area (Å²) < 4.78 is 0. The molecule has 0 aromatic rings. The molecule has 0 spiro atoms. The highest BCUT2D eigenvalue weighted by atomic mass is 16.5. The van der Waals surface area contributed by atoms with Crippen LogP contribution in [0.4, 0.5) is 0 Å². The van der Waals surface area contributed by atoms with Crippen LogP contribution in [0.25, 0.3) is 0 Å². The van der Waals surface area contributed by atoms with Crippen LogP contribution < -0.4 is 0 Å². The van der Waals surface area contributed by atoms with Gasteiger partial charge >= 0.3 is 0 Å². The molecule has 0 saturated heterocycles. The van der Waals surface area contributed by atoms with Gasteiger partial charge in [0.1, 0.15) is 6.34 Å². The molecular formula is C20H29N3O2. The van der Waals surface area contributed by atoms with Crippen LogP contribution in [-0.4, -0.2) is 41.8 Å². The van der Waals surface area contributed by atoms with E-state index in [4.69, 9.17) is 0 Å². The molecule has 1 amide bonds. The molecule has 1 aliphatic heterocycles. The Morgan fingerprint density at radius 1 is 1.48 bits per heavy atom. The predicted octanol–water partition coefficient (Wildman–Crippen LogP) is 3.67. The number of carbonyl (C=O) groups is 1. The fraction of sp³-hybridized carbons (Fsp3) is 0.550. The van der Waals surface area contributed by atoms with E-state index in [1.54, 1.807) is 0 Å². The summed E-state index contributed by atoms with van der Waals surface area (Å²) in [4.78, 5) is 20.1. The first-order valence-electron chi connectivity index (χ1n) is 8.77. The minimum atomic E-state index is -0.499. The maximum Gasteiger partial charge on any atom is 0.256 e. The Kier molecular flexibility index (Phi) is 6.11. The molecule has 4 atom stereocenters. The van der Waals surface area contributed by atoms with Gasteiger partial charge in [-0.15, -0.1) is 6.58 Å². The van der Waals surface area contributed by atoms with Crippen molar-refractivity contribution in [3.8, 4) is 0 Å². The number of amides is 1. The maximum absolute atomic E-state index is 12.3. The molecule has 1 N–H and O–H groups in total. The van der Waals surface area contributed by atoms with Crippen molar-refractivity contribution < 1.29 is 10.0 Å². The fourth-order valence-electron chi connectivity index (χ4n) is 3.84. The third kappa shape index (κ3) is 4.34. The van der Waals surface area contributed by atoms with E-state index in [-0.39, 0.29) is 23.8 Å². The molecule has 0 aromatic heterocycles. The molecule has 5 nitrogen and oxygen atoms in total. The highest BCUT2D eigenvalue weighted by molar-refractivity contribution is 5.96. The van der Waals surface area contributed by atoms with Gasteiger partial charge in [-0.2, -0.15) is 0 Å². The summed E-state index contributed by atoms with van der Waals surface area (Å²) >= 11 is 0. The second-order valence-corrected chi connectivity index (χ2v) is 7.52. The number of carbonyl (C=O) groups excluding carboxylic acids is 1. The topological polar surface area (TPSA) is 65.3 Å². The Hall–Kier alpha value is -2.01. The number of hydrogen-bond acceptors (Lipinski definition) is 4. The lowest BCUT2D eigenvalue weighted by molar-refractivity contribution is -0.165. The third-order valence-corrected chi connectivity index (χ3v) is 5.63. The number of rotatable bonds is 6. The minimum absolute atomic E-state index is 0.0495. The zero-order valence-corrected chi connectivity index (χ0v) is 15.3. The number of nitrogens with zero attached hydrogens (tertiary/aromatic N) is 3. The average molecular weight is 343 g/mol. The lowest BCUT2D eigenvalue weighted by Gasteiger charge is -2.44. The van der Waals surface area contributed by atoms with Gasteiger partial charge in [-0.05, 0) is 43.4 Å². The summed E-state index contributed by atoms with van der Waals surface area (Å²) in [5.74, 6) is -0.287. The zero-order valence-electron chi connectivity index (χ0n) is 15.3. The second kappa shape index (κ2) is 7.91. The van der Waals surface area contributed by atoms with Gasteiger partial charge in [0, 0.05) is 6.21 Å². The smallest absolute Gasteiger partial charge is 0.256 e. The number of aliphatic imine (C=N–C) groups is 2. The van der Waals surface area contributed by atoms with Gasteiger partial charge in [-0.3, -0.25) is 15.0 Å². The van der Waals surface area contributed by atoms with Crippen molar-refractivity contribution in [1.29, 1.82) is 0 Å². The summed E-state index contributed by atoms with van der Waals surface area (Å²) in [7, 11) is 0. The molecular weight excluding hydrogens is 314 g/mol. The molecule has 1 aliphatic carbocycles. The van der Waals surface area contributed by atoms with E-state index in [1.165, 1.54) is 12.6 Å². The van der Waals surface area contributed by atoms with E-state index in [2.05, 4.69) is 43.6 Å². The van der Waals surface area contributed by atoms with Gasteiger partial charge in [-0.25, -0.2) is 10.1 Å². The molecule has 5 heteroatoms. The first-order valence-corrected chi connectivity index (χ1v) is 8.77. The second-order valence-electron chi connectivity index (χ2n) is 7.52. The van der Waals surface area contributed by atoms with E-state index < -0.39 is 5.92 Å². The average Bonchev–Trinajstić information content (AvgIpc) is 2.61. The normalized spacial score (nSPS) is 31.4. The maximum atomic E-state index is 12.3. The highest BCUT2D eigenvalue weighted by Crippen LogP contribution is 2.48. The SMILES string of the molecule is C=C[C@]1(C)CC[C@@H](C(=C)CN(O)C(=O)C2C=NC=NC2)C[C@H]1C(=C)C. The van der Waals surface area contributed by atoms with Crippen LogP contribution in [0.3, 0.4) is 0 Å². The van der Waals surface area contributed by atoms with Crippen LogP contribution >= 0.6 is 0 Å². The van der Waals surface area contributed by atoms with Crippen molar-refractivity contribution >= 4 is 18.5 Å². The van der Waals surface area contributed by atoms with Gasteiger partial charge in [0.15, 0.2) is 0 Å². The van der Waals surface area contributed by atoms with Crippen LogP contribution in [-0.2, 0) is 4.79 Å². The standard InChI is InChI=1S/C20H29N3O2/c1-6-20(5)8-7-16(9-18(20)14(2)3)15(4)12-23(25)19(24)17-10-21-13-22-11-17/h6,10,13,16-18,25H,1-2,4,7-9,11-12H2,3,5H3/t16-,17?,18+,20-/m1/s1. The van der Waals surface area contributed by atoms with Gasteiger partial charge < -0.3 is 0 Å². The molecule has 0 radical (unpaired) electrons. The number of hydroxylamine groups is 2. The van der Waals surface area contributed by atoms with E-state index in [1.807, 2.05) is 6.08 Å². The first kappa shape index (κ1) is 19.3. The van der Waals surface area contributed by atoms with Gasteiger partial charge in [-0.1, -0.05) is 37.3 Å². The van der Waals surface area contributed by atoms with Crippen LogP contribution in [0, 0.1) is 23.2 Å². The van der Waals surface area contributed by atoms with Crippen LogP contribution in [0.5, 0.6) is 0 Å². The van der Waals surface area contributed by atoms with Gasteiger partial charge in [0.05, 0.1) is 19.0 Å². The van der Waals surface area contributed by atoms with Crippen LogP contribution in [0.1, 0.15) is 33.1 Å². The Morgan fingerprint density at radius 3 is 2.76 bits per heavy atom. The highest BCUT2D eigenvalue weighted by Gasteiger charge is 2.39. The first-order chi connectivity index (χ1) is 11.8. The third-order valence-electron chi connectivity index (χ3n) is 5.63. The van der Waals surface area contributed by atoms with E-state index in [9.17, 15) is 10.0 Å². The van der Waals surface area contributed by atoms with Gasteiger partial charge in [0.25, 0.3) is 5.91 Å². The van der Waals surface area contributed by atoms with Crippen molar-refractivity contribution in [1.82, 2.24) is 5.06 Å². The Morgan fingerprint density at radius 2 is 2.20 bits per heavy atom. The zero-order chi connectivity index (χ0) is 18.6. The summed E-state index contributed by atoms with van der Waals surface area (Å²) in [6.07, 6.45) is 7.88. The van der Waals surface area contributed by atoms with E-state index >= 15 is 0 Å². The van der Waals surface area contributed by atoms with Crippen LogP contribution in [0.2, 0.25) is 0 Å². The van der Waals surface area contributed by atoms with E-state index in [0.717, 1.165) is 35.5 Å². The van der Waals surface area contributed by atoms with Crippen molar-refractivity contribution in [3.05, 3.63) is 37.0 Å².